The third kappa shape index (κ3) is 6.26. The van der Waals surface area contributed by atoms with E-state index >= 15 is 0 Å². The molecule has 3 N–H and O–H groups in total. The van der Waals surface area contributed by atoms with Crippen LogP contribution in [0.4, 0.5) is 0 Å². The first-order valence-corrected chi connectivity index (χ1v) is 13.0. The van der Waals surface area contributed by atoms with Crippen molar-refractivity contribution in [1.82, 2.24) is 10.2 Å². The van der Waals surface area contributed by atoms with Gasteiger partial charge in [-0.1, -0.05) is 91.9 Å². The second-order valence-corrected chi connectivity index (χ2v) is 9.80. The van der Waals surface area contributed by atoms with Crippen LogP contribution in [-0.2, 0) is 28.2 Å². The summed E-state index contributed by atoms with van der Waals surface area (Å²) in [5.41, 5.74) is 8.16. The predicted molar refractivity (Wildman–Crippen MR) is 140 cm³/mol. The first kappa shape index (κ1) is 25.9. The number of hydrogen-bond donors (Lipinski definition) is 2. The number of nitrogens with zero attached hydrogens (tertiary/aromatic N) is 2. The summed E-state index contributed by atoms with van der Waals surface area (Å²) in [6.07, 6.45) is 6.13. The van der Waals surface area contributed by atoms with Crippen molar-refractivity contribution < 1.29 is 9.59 Å². The number of carbonyl (C=O) groups is 2. The summed E-state index contributed by atoms with van der Waals surface area (Å²) in [4.78, 5) is 31.9. The van der Waals surface area contributed by atoms with E-state index in [1.165, 1.54) is 0 Å². The van der Waals surface area contributed by atoms with Crippen LogP contribution >= 0.6 is 15.9 Å². The molecule has 2 aromatic rings. The summed E-state index contributed by atoms with van der Waals surface area (Å²) >= 11 is 3.52. The Kier molecular flexibility index (Phi) is 9.28. The zero-order chi connectivity index (χ0) is 24.6. The molecular weight excluding hydrogens is 492 g/mol. The average Bonchev–Trinajstić information content (AvgIpc) is 3.07. The Hall–Kier alpha value is -2.67. The van der Waals surface area contributed by atoms with Crippen LogP contribution in [-0.4, -0.2) is 22.7 Å². The average molecular weight is 528 g/mol. The summed E-state index contributed by atoms with van der Waals surface area (Å²) in [6, 6.07) is 15.7. The minimum Gasteiger partial charge on any atom is -0.369 e. The molecule has 0 spiro atoms. The third-order valence-electron chi connectivity index (χ3n) is 6.24. The van der Waals surface area contributed by atoms with Crippen LogP contribution in [0.5, 0.6) is 0 Å². The minimum atomic E-state index is -0.980. The Balaban J connectivity index is 1.68. The number of guanidine groups is 1. The molecule has 0 aromatic heterocycles. The maximum absolute atomic E-state index is 13.7. The van der Waals surface area contributed by atoms with E-state index in [0.717, 1.165) is 53.3 Å². The molecule has 2 aromatic carbocycles. The molecule has 3 rings (SSSR count). The van der Waals surface area contributed by atoms with Crippen LogP contribution < -0.4 is 11.1 Å². The molecule has 0 bridgehead atoms. The molecule has 0 fully saturated rings. The fraction of sp³-hybridized carbons (Fsp3) is 0.444. The van der Waals surface area contributed by atoms with Crippen molar-refractivity contribution in [2.75, 3.05) is 0 Å². The van der Waals surface area contributed by atoms with Gasteiger partial charge in [-0.25, -0.2) is 4.99 Å². The van der Waals surface area contributed by atoms with E-state index in [9.17, 15) is 9.59 Å². The molecule has 0 radical (unpaired) electrons. The number of hydrogen-bond acceptors (Lipinski definition) is 4. The number of benzene rings is 2. The molecule has 1 heterocycles. The molecule has 1 aliphatic rings. The van der Waals surface area contributed by atoms with Crippen molar-refractivity contribution in [3.8, 4) is 0 Å². The van der Waals surface area contributed by atoms with Gasteiger partial charge in [0, 0.05) is 17.4 Å². The van der Waals surface area contributed by atoms with Crippen LogP contribution in [0, 0.1) is 0 Å². The normalized spacial score (nSPS) is 17.7. The number of amides is 2. The summed E-state index contributed by atoms with van der Waals surface area (Å²) in [5, 5.41) is 2.97. The quantitative estimate of drug-likeness (QED) is 0.363. The van der Waals surface area contributed by atoms with Gasteiger partial charge in [0.15, 0.2) is 11.5 Å². The van der Waals surface area contributed by atoms with Gasteiger partial charge in [0.25, 0.3) is 5.91 Å². The second kappa shape index (κ2) is 12.2. The van der Waals surface area contributed by atoms with Crippen molar-refractivity contribution >= 4 is 33.7 Å². The summed E-state index contributed by atoms with van der Waals surface area (Å²) < 4.78 is 0.911. The van der Waals surface area contributed by atoms with Crippen molar-refractivity contribution in [3.63, 3.8) is 0 Å². The molecule has 1 atom stereocenters. The topological polar surface area (TPSA) is 87.8 Å². The van der Waals surface area contributed by atoms with Gasteiger partial charge in [-0.2, -0.15) is 0 Å². The highest BCUT2D eigenvalue weighted by Gasteiger charge is 2.48. The lowest BCUT2D eigenvalue weighted by atomic mass is 9.85. The molecule has 2 amide bonds. The molecular formula is C27H35BrN4O2. The Morgan fingerprint density at radius 1 is 1.06 bits per heavy atom. The lowest BCUT2D eigenvalue weighted by Gasteiger charge is -2.27. The molecule has 0 aliphatic carbocycles. The van der Waals surface area contributed by atoms with Crippen molar-refractivity contribution in [2.24, 2.45) is 10.7 Å². The number of rotatable bonds is 12. The number of aliphatic imine (C=N–C) groups is 1. The van der Waals surface area contributed by atoms with Gasteiger partial charge >= 0.3 is 0 Å². The molecule has 6 nitrogen and oxygen atoms in total. The predicted octanol–water partition coefficient (Wildman–Crippen LogP) is 5.39. The van der Waals surface area contributed by atoms with Gasteiger partial charge in [0.05, 0.1) is 6.54 Å². The zero-order valence-electron chi connectivity index (χ0n) is 20.1. The third-order valence-corrected chi connectivity index (χ3v) is 6.73. The van der Waals surface area contributed by atoms with E-state index in [1.807, 2.05) is 48.5 Å². The first-order chi connectivity index (χ1) is 16.4. The van der Waals surface area contributed by atoms with Gasteiger partial charge in [-0.15, -0.1) is 0 Å². The van der Waals surface area contributed by atoms with Crippen LogP contribution in [0.1, 0.15) is 75.5 Å². The van der Waals surface area contributed by atoms with Crippen molar-refractivity contribution in [1.29, 1.82) is 0 Å². The molecule has 182 valence electrons. The SMILES string of the molecule is CCCCCC(=O)NCc1ccc(CN2C(=O)C(CCCC)(c3cccc(Br)c3)N=C2N)cc1. The standard InChI is InChI=1S/C27H35BrN4O2/c1-3-5-7-11-24(33)30-18-20-12-14-21(15-13-20)19-32-25(34)27(16-6-4-2,31-26(32)29)22-9-8-10-23(28)17-22/h8-10,12-15,17H,3-7,11,16,18-19H2,1-2H3,(H2,29,31)(H,30,33). The summed E-state index contributed by atoms with van der Waals surface area (Å²) in [6.45, 7) is 5.09. The largest absolute Gasteiger partial charge is 0.369 e. The Bertz CT molecular complexity index is 1020. The molecule has 1 aliphatic heterocycles. The van der Waals surface area contributed by atoms with Crippen LogP contribution in [0.3, 0.4) is 0 Å². The van der Waals surface area contributed by atoms with Gasteiger partial charge in [0.1, 0.15) is 0 Å². The van der Waals surface area contributed by atoms with E-state index in [0.29, 0.717) is 25.9 Å². The molecule has 0 saturated carbocycles. The fourth-order valence-corrected chi connectivity index (χ4v) is 4.63. The number of unbranched alkanes of at least 4 members (excludes halogenated alkanes) is 3. The number of nitrogens with two attached hydrogens (primary N) is 1. The number of nitrogens with one attached hydrogen (secondary N) is 1. The van der Waals surface area contributed by atoms with Gasteiger partial charge in [-0.05, 0) is 41.7 Å². The van der Waals surface area contributed by atoms with Crippen LogP contribution in [0.25, 0.3) is 0 Å². The molecule has 1 unspecified atom stereocenters. The smallest absolute Gasteiger partial charge is 0.262 e. The van der Waals surface area contributed by atoms with Crippen molar-refractivity contribution in [2.45, 2.75) is 77.4 Å². The Morgan fingerprint density at radius 2 is 1.76 bits per heavy atom. The highest BCUT2D eigenvalue weighted by Crippen LogP contribution is 2.39. The van der Waals surface area contributed by atoms with E-state index < -0.39 is 5.54 Å². The summed E-state index contributed by atoms with van der Waals surface area (Å²) in [5.74, 6) is 0.254. The second-order valence-electron chi connectivity index (χ2n) is 8.89. The van der Waals surface area contributed by atoms with E-state index in [4.69, 9.17) is 10.7 Å². The fourth-order valence-electron chi connectivity index (χ4n) is 4.23. The number of carbonyl (C=O) groups excluding carboxylic acids is 2. The molecule has 34 heavy (non-hydrogen) atoms. The highest BCUT2D eigenvalue weighted by atomic mass is 79.9. The minimum absolute atomic E-state index is 0.0834. The summed E-state index contributed by atoms with van der Waals surface area (Å²) in [7, 11) is 0. The zero-order valence-corrected chi connectivity index (χ0v) is 21.7. The Labute approximate surface area is 211 Å². The Morgan fingerprint density at radius 3 is 2.44 bits per heavy atom. The van der Waals surface area contributed by atoms with Gasteiger partial charge in [0.2, 0.25) is 5.91 Å². The van der Waals surface area contributed by atoms with E-state index in [2.05, 4.69) is 35.1 Å². The maximum atomic E-state index is 13.7. The van der Waals surface area contributed by atoms with Crippen LogP contribution in [0.2, 0.25) is 0 Å². The maximum Gasteiger partial charge on any atom is 0.262 e. The lowest BCUT2D eigenvalue weighted by Crippen LogP contribution is -2.42. The monoisotopic (exact) mass is 526 g/mol. The van der Waals surface area contributed by atoms with Gasteiger partial charge < -0.3 is 11.1 Å². The highest BCUT2D eigenvalue weighted by molar-refractivity contribution is 9.10. The first-order valence-electron chi connectivity index (χ1n) is 12.2. The van der Waals surface area contributed by atoms with Gasteiger partial charge in [-0.3, -0.25) is 14.5 Å². The van der Waals surface area contributed by atoms with E-state index in [1.54, 1.807) is 4.90 Å². The number of halogens is 1. The lowest BCUT2D eigenvalue weighted by molar-refractivity contribution is -0.132. The molecule has 0 saturated heterocycles. The van der Waals surface area contributed by atoms with Crippen molar-refractivity contribution in [3.05, 3.63) is 69.7 Å². The molecule has 7 heteroatoms. The van der Waals surface area contributed by atoms with E-state index in [-0.39, 0.29) is 17.8 Å². The van der Waals surface area contributed by atoms with Crippen LogP contribution in [0.15, 0.2) is 58.0 Å².